The number of piperidine rings is 1. The molecule has 0 bridgehead atoms. The van der Waals surface area contributed by atoms with E-state index in [0.717, 1.165) is 12.0 Å². The minimum atomic E-state index is -0.000985. The molecule has 20 heavy (non-hydrogen) atoms. The van der Waals surface area contributed by atoms with Crippen LogP contribution in [0.3, 0.4) is 0 Å². The SMILES string of the molecule is CC1(C)CC(N(CC2CCNCC2)C2CC2)C(C)(C)O1. The number of hydrogen-bond donors (Lipinski definition) is 1. The number of ether oxygens (including phenoxy) is 1. The Morgan fingerprint density at radius 2 is 1.70 bits per heavy atom. The fourth-order valence-electron chi connectivity index (χ4n) is 4.35. The molecule has 0 spiro atoms. The molecule has 3 nitrogen and oxygen atoms in total. The van der Waals surface area contributed by atoms with Crippen molar-refractivity contribution < 1.29 is 4.74 Å². The van der Waals surface area contributed by atoms with E-state index in [-0.39, 0.29) is 11.2 Å². The smallest absolute Gasteiger partial charge is 0.0789 e. The van der Waals surface area contributed by atoms with E-state index >= 15 is 0 Å². The quantitative estimate of drug-likeness (QED) is 0.857. The predicted molar refractivity (Wildman–Crippen MR) is 83.0 cm³/mol. The van der Waals surface area contributed by atoms with Crippen LogP contribution in [0.5, 0.6) is 0 Å². The van der Waals surface area contributed by atoms with Gasteiger partial charge in [-0.05, 0) is 78.8 Å². The van der Waals surface area contributed by atoms with Gasteiger partial charge in [0.05, 0.1) is 11.2 Å². The average Bonchev–Trinajstić information content (AvgIpc) is 3.14. The van der Waals surface area contributed by atoms with E-state index in [0.29, 0.717) is 6.04 Å². The third kappa shape index (κ3) is 3.20. The molecule has 2 aliphatic heterocycles. The molecule has 1 unspecified atom stereocenters. The van der Waals surface area contributed by atoms with Crippen LogP contribution in [0.15, 0.2) is 0 Å². The van der Waals surface area contributed by atoms with Crippen LogP contribution in [0.4, 0.5) is 0 Å². The second-order valence-corrected chi connectivity index (χ2v) is 8.31. The van der Waals surface area contributed by atoms with E-state index in [2.05, 4.69) is 37.9 Å². The maximum absolute atomic E-state index is 6.34. The highest BCUT2D eigenvalue weighted by Crippen LogP contribution is 2.44. The molecule has 3 heteroatoms. The van der Waals surface area contributed by atoms with Gasteiger partial charge in [-0.1, -0.05) is 0 Å². The maximum Gasteiger partial charge on any atom is 0.0789 e. The zero-order chi connectivity index (χ0) is 14.4. The summed E-state index contributed by atoms with van der Waals surface area (Å²) in [6.45, 7) is 12.8. The van der Waals surface area contributed by atoms with Crippen LogP contribution in [0.2, 0.25) is 0 Å². The molecule has 1 atom stereocenters. The van der Waals surface area contributed by atoms with Gasteiger partial charge in [0.2, 0.25) is 0 Å². The van der Waals surface area contributed by atoms with E-state index in [9.17, 15) is 0 Å². The summed E-state index contributed by atoms with van der Waals surface area (Å²) < 4.78 is 6.34. The van der Waals surface area contributed by atoms with Crippen LogP contribution in [0.25, 0.3) is 0 Å². The molecule has 0 aromatic carbocycles. The molecule has 2 saturated heterocycles. The van der Waals surface area contributed by atoms with Crippen LogP contribution >= 0.6 is 0 Å². The van der Waals surface area contributed by atoms with Gasteiger partial charge < -0.3 is 10.1 Å². The third-order valence-corrected chi connectivity index (χ3v) is 5.37. The van der Waals surface area contributed by atoms with Gasteiger partial charge in [0.25, 0.3) is 0 Å². The van der Waals surface area contributed by atoms with E-state index in [1.807, 2.05) is 0 Å². The van der Waals surface area contributed by atoms with E-state index in [1.54, 1.807) is 0 Å². The van der Waals surface area contributed by atoms with Crippen molar-refractivity contribution in [1.82, 2.24) is 10.2 Å². The van der Waals surface area contributed by atoms with Crippen LogP contribution in [-0.4, -0.2) is 47.8 Å². The Bertz CT molecular complexity index is 343. The van der Waals surface area contributed by atoms with Gasteiger partial charge in [0.1, 0.15) is 0 Å². The van der Waals surface area contributed by atoms with E-state index in [4.69, 9.17) is 4.74 Å². The van der Waals surface area contributed by atoms with Gasteiger partial charge in [-0.25, -0.2) is 0 Å². The number of hydrogen-bond acceptors (Lipinski definition) is 3. The molecular weight excluding hydrogens is 248 g/mol. The molecule has 0 aromatic heterocycles. The fourth-order valence-corrected chi connectivity index (χ4v) is 4.35. The Balaban J connectivity index is 1.70. The first-order chi connectivity index (χ1) is 9.37. The van der Waals surface area contributed by atoms with Crippen molar-refractivity contribution in [2.75, 3.05) is 19.6 Å². The Labute approximate surface area is 124 Å². The highest BCUT2D eigenvalue weighted by molar-refractivity contribution is 5.04. The molecule has 3 fully saturated rings. The second-order valence-electron chi connectivity index (χ2n) is 8.31. The number of nitrogens with zero attached hydrogens (tertiary/aromatic N) is 1. The molecule has 1 saturated carbocycles. The van der Waals surface area contributed by atoms with E-state index in [1.165, 1.54) is 51.7 Å². The summed E-state index contributed by atoms with van der Waals surface area (Å²) in [7, 11) is 0. The largest absolute Gasteiger partial charge is 0.368 e. The number of rotatable bonds is 4. The maximum atomic E-state index is 6.34. The first-order valence-electron chi connectivity index (χ1n) is 8.54. The van der Waals surface area contributed by atoms with Crippen molar-refractivity contribution in [1.29, 1.82) is 0 Å². The Morgan fingerprint density at radius 1 is 1.05 bits per heavy atom. The van der Waals surface area contributed by atoms with Gasteiger partial charge in [-0.2, -0.15) is 0 Å². The molecule has 0 amide bonds. The van der Waals surface area contributed by atoms with E-state index < -0.39 is 0 Å². The lowest BCUT2D eigenvalue weighted by molar-refractivity contribution is -0.0826. The molecule has 116 valence electrons. The van der Waals surface area contributed by atoms with Gasteiger partial charge >= 0.3 is 0 Å². The van der Waals surface area contributed by atoms with Gasteiger partial charge in [-0.3, -0.25) is 4.90 Å². The molecule has 3 rings (SSSR count). The highest BCUT2D eigenvalue weighted by Gasteiger charge is 2.51. The van der Waals surface area contributed by atoms with Crippen molar-refractivity contribution in [2.24, 2.45) is 5.92 Å². The summed E-state index contributed by atoms with van der Waals surface area (Å²) in [4.78, 5) is 2.82. The summed E-state index contributed by atoms with van der Waals surface area (Å²) in [5, 5.41) is 3.49. The average molecular weight is 280 g/mol. The normalized spacial score (nSPS) is 33.8. The topological polar surface area (TPSA) is 24.5 Å². The summed E-state index contributed by atoms with van der Waals surface area (Å²) in [6, 6.07) is 1.44. The van der Waals surface area contributed by atoms with Crippen LogP contribution in [0, 0.1) is 5.92 Å². The Kier molecular flexibility index (Phi) is 3.89. The lowest BCUT2D eigenvalue weighted by Gasteiger charge is -2.39. The Hall–Kier alpha value is -0.120. The molecular formula is C17H32N2O. The molecule has 3 aliphatic rings. The van der Waals surface area contributed by atoms with Crippen molar-refractivity contribution in [2.45, 2.75) is 83.1 Å². The van der Waals surface area contributed by atoms with Crippen LogP contribution < -0.4 is 5.32 Å². The first kappa shape index (κ1) is 14.8. The first-order valence-corrected chi connectivity index (χ1v) is 8.54. The van der Waals surface area contributed by atoms with Crippen molar-refractivity contribution in [3.63, 3.8) is 0 Å². The van der Waals surface area contributed by atoms with Crippen LogP contribution in [-0.2, 0) is 4.74 Å². The minimum absolute atomic E-state index is 0.000985. The summed E-state index contributed by atoms with van der Waals surface area (Å²) in [5.74, 6) is 0.886. The molecule has 1 aliphatic carbocycles. The zero-order valence-corrected chi connectivity index (χ0v) is 13.7. The van der Waals surface area contributed by atoms with Crippen molar-refractivity contribution >= 4 is 0 Å². The van der Waals surface area contributed by atoms with Gasteiger partial charge in [0, 0.05) is 18.6 Å². The molecule has 0 aromatic rings. The predicted octanol–water partition coefficient (Wildman–Crippen LogP) is 2.80. The van der Waals surface area contributed by atoms with Gasteiger partial charge in [0.15, 0.2) is 0 Å². The summed E-state index contributed by atoms with van der Waals surface area (Å²) in [6.07, 6.45) is 6.68. The summed E-state index contributed by atoms with van der Waals surface area (Å²) in [5.41, 5.74) is 0.0361. The second kappa shape index (κ2) is 5.26. The molecule has 2 heterocycles. The molecule has 0 radical (unpaired) electrons. The highest BCUT2D eigenvalue weighted by atomic mass is 16.5. The fraction of sp³-hybridized carbons (Fsp3) is 1.00. The zero-order valence-electron chi connectivity index (χ0n) is 13.7. The molecule has 1 N–H and O–H groups in total. The standard InChI is InChI=1S/C17H32N2O/c1-16(2)11-15(17(3,4)20-16)19(14-5-6-14)12-13-7-9-18-10-8-13/h13-15,18H,5-12H2,1-4H3. The Morgan fingerprint density at radius 3 is 2.20 bits per heavy atom. The minimum Gasteiger partial charge on any atom is -0.368 e. The lowest BCUT2D eigenvalue weighted by Crippen LogP contribution is -2.50. The monoisotopic (exact) mass is 280 g/mol. The van der Waals surface area contributed by atoms with Crippen molar-refractivity contribution in [3.8, 4) is 0 Å². The van der Waals surface area contributed by atoms with Gasteiger partial charge in [-0.15, -0.1) is 0 Å². The lowest BCUT2D eigenvalue weighted by atomic mass is 9.90. The van der Waals surface area contributed by atoms with Crippen molar-refractivity contribution in [3.05, 3.63) is 0 Å². The van der Waals surface area contributed by atoms with Crippen LogP contribution in [0.1, 0.15) is 59.8 Å². The third-order valence-electron chi connectivity index (χ3n) is 5.37. The summed E-state index contributed by atoms with van der Waals surface area (Å²) >= 11 is 0. The number of nitrogens with one attached hydrogen (secondary N) is 1.